The van der Waals surface area contributed by atoms with Crippen LogP contribution in [0.1, 0.15) is 44.0 Å². The zero-order valence-corrected chi connectivity index (χ0v) is 13.1. The van der Waals surface area contributed by atoms with E-state index in [1.165, 1.54) is 56.7 Å². The van der Waals surface area contributed by atoms with Crippen LogP contribution in [0.4, 0.5) is 5.69 Å². The molecule has 0 aromatic carbocycles. The van der Waals surface area contributed by atoms with Crippen molar-refractivity contribution >= 4 is 5.69 Å². The number of rotatable bonds is 2. The van der Waals surface area contributed by atoms with E-state index in [0.717, 1.165) is 11.7 Å². The molecular weight excluding hydrogens is 246 g/mol. The van der Waals surface area contributed by atoms with E-state index in [1.807, 2.05) is 0 Å². The van der Waals surface area contributed by atoms with E-state index >= 15 is 0 Å². The Balaban J connectivity index is 1.86. The molecule has 20 heavy (non-hydrogen) atoms. The van der Waals surface area contributed by atoms with Gasteiger partial charge in [-0.05, 0) is 51.8 Å². The van der Waals surface area contributed by atoms with Crippen molar-refractivity contribution in [1.29, 1.82) is 0 Å². The molecule has 0 spiro atoms. The Morgan fingerprint density at radius 1 is 1.20 bits per heavy atom. The molecule has 3 heterocycles. The molecule has 0 amide bonds. The monoisotopic (exact) mass is 273 g/mol. The number of fused-ring (bicyclic) bond motifs is 1. The largest absolute Gasteiger partial charge is 0.364 e. The van der Waals surface area contributed by atoms with Gasteiger partial charge in [-0.3, -0.25) is 9.88 Å². The highest BCUT2D eigenvalue weighted by molar-refractivity contribution is 5.52. The van der Waals surface area contributed by atoms with E-state index < -0.39 is 0 Å². The number of aryl methyl sites for hydroxylation is 2. The van der Waals surface area contributed by atoms with Crippen molar-refractivity contribution in [3.8, 4) is 0 Å². The zero-order valence-electron chi connectivity index (χ0n) is 13.1. The summed E-state index contributed by atoms with van der Waals surface area (Å²) in [5.41, 5.74) is 3.66. The third-order valence-corrected chi connectivity index (χ3v) is 5.02. The van der Waals surface area contributed by atoms with E-state index in [-0.39, 0.29) is 0 Å². The molecule has 1 aromatic heterocycles. The quantitative estimate of drug-likeness (QED) is 0.825. The minimum atomic E-state index is 0.646. The van der Waals surface area contributed by atoms with Gasteiger partial charge in [0.05, 0.1) is 11.4 Å². The Morgan fingerprint density at radius 2 is 2.05 bits per heavy atom. The lowest BCUT2D eigenvalue weighted by Gasteiger charge is -2.49. The van der Waals surface area contributed by atoms with E-state index in [9.17, 15) is 0 Å². The first kappa shape index (κ1) is 13.9. The van der Waals surface area contributed by atoms with Crippen molar-refractivity contribution in [1.82, 2.24) is 9.88 Å². The summed E-state index contributed by atoms with van der Waals surface area (Å²) >= 11 is 0. The summed E-state index contributed by atoms with van der Waals surface area (Å²) in [5.74, 6) is 0. The molecule has 0 N–H and O–H groups in total. The average molecular weight is 273 g/mol. The lowest BCUT2D eigenvalue weighted by atomic mass is 9.95. The van der Waals surface area contributed by atoms with Crippen LogP contribution in [0.15, 0.2) is 12.1 Å². The van der Waals surface area contributed by atoms with Crippen LogP contribution in [-0.2, 0) is 0 Å². The second-order valence-electron chi connectivity index (χ2n) is 6.42. The predicted octanol–water partition coefficient (Wildman–Crippen LogP) is 3.15. The molecule has 2 atom stereocenters. The second kappa shape index (κ2) is 5.72. The molecule has 3 nitrogen and oxygen atoms in total. The van der Waals surface area contributed by atoms with E-state index in [2.05, 4.69) is 47.7 Å². The van der Waals surface area contributed by atoms with Crippen molar-refractivity contribution in [2.45, 2.75) is 58.5 Å². The molecule has 3 rings (SSSR count). The van der Waals surface area contributed by atoms with Crippen LogP contribution in [0.5, 0.6) is 0 Å². The third-order valence-electron chi connectivity index (χ3n) is 5.02. The maximum Gasteiger partial charge on any atom is 0.0609 e. The summed E-state index contributed by atoms with van der Waals surface area (Å²) in [6, 6.07) is 5.83. The van der Waals surface area contributed by atoms with Gasteiger partial charge in [0.2, 0.25) is 0 Å². The van der Waals surface area contributed by atoms with Gasteiger partial charge in [0.1, 0.15) is 0 Å². The summed E-state index contributed by atoms with van der Waals surface area (Å²) < 4.78 is 0. The normalized spacial score (nSPS) is 27.4. The van der Waals surface area contributed by atoms with E-state index in [4.69, 9.17) is 0 Å². The van der Waals surface area contributed by atoms with Crippen molar-refractivity contribution < 1.29 is 0 Å². The lowest BCUT2D eigenvalue weighted by molar-refractivity contribution is 0.111. The number of anilines is 1. The van der Waals surface area contributed by atoms with Crippen molar-refractivity contribution in [2.75, 3.05) is 24.5 Å². The Bertz CT molecular complexity index is 471. The van der Waals surface area contributed by atoms with Crippen LogP contribution >= 0.6 is 0 Å². The molecule has 0 saturated carbocycles. The first-order valence-electron chi connectivity index (χ1n) is 8.14. The minimum Gasteiger partial charge on any atom is -0.364 e. The molecule has 0 aliphatic carbocycles. The maximum absolute atomic E-state index is 4.67. The molecule has 2 unspecified atom stereocenters. The van der Waals surface area contributed by atoms with Gasteiger partial charge >= 0.3 is 0 Å². The Morgan fingerprint density at radius 3 is 2.80 bits per heavy atom. The molecule has 110 valence electrons. The summed E-state index contributed by atoms with van der Waals surface area (Å²) in [6.07, 6.45) is 5.37. The topological polar surface area (TPSA) is 19.4 Å². The van der Waals surface area contributed by atoms with Gasteiger partial charge in [-0.2, -0.15) is 0 Å². The van der Waals surface area contributed by atoms with Crippen LogP contribution in [0, 0.1) is 13.8 Å². The summed E-state index contributed by atoms with van der Waals surface area (Å²) in [4.78, 5) is 10.0. The standard InChI is InChI=1S/C17H27N3/c1-4-15-11-19-10-6-5-7-16(19)12-20(15)17-9-8-13(2)18-14(17)3/h8-9,15-16H,4-7,10-12H2,1-3H3. The number of piperidine rings is 1. The third kappa shape index (κ3) is 2.56. The highest BCUT2D eigenvalue weighted by atomic mass is 15.3. The molecule has 2 saturated heterocycles. The van der Waals surface area contributed by atoms with Gasteiger partial charge in [-0.15, -0.1) is 0 Å². The number of hydrogen-bond acceptors (Lipinski definition) is 3. The first-order valence-corrected chi connectivity index (χ1v) is 8.14. The van der Waals surface area contributed by atoms with Gasteiger partial charge in [-0.1, -0.05) is 13.3 Å². The molecular formula is C17H27N3. The zero-order chi connectivity index (χ0) is 14.1. The fourth-order valence-corrected chi connectivity index (χ4v) is 3.88. The van der Waals surface area contributed by atoms with Gasteiger partial charge < -0.3 is 4.90 Å². The summed E-state index contributed by atoms with van der Waals surface area (Å²) in [6.45, 7) is 10.3. The van der Waals surface area contributed by atoms with Crippen LogP contribution < -0.4 is 4.90 Å². The van der Waals surface area contributed by atoms with Gasteiger partial charge in [0, 0.05) is 30.9 Å². The predicted molar refractivity (Wildman–Crippen MR) is 84.3 cm³/mol. The number of pyridine rings is 1. The van der Waals surface area contributed by atoms with Crippen molar-refractivity contribution in [3.63, 3.8) is 0 Å². The van der Waals surface area contributed by atoms with Crippen LogP contribution in [0.3, 0.4) is 0 Å². The number of piperazine rings is 1. The summed E-state index contributed by atoms with van der Waals surface area (Å²) in [7, 11) is 0. The average Bonchev–Trinajstić information content (AvgIpc) is 2.46. The van der Waals surface area contributed by atoms with Gasteiger partial charge in [0.15, 0.2) is 0 Å². The summed E-state index contributed by atoms with van der Waals surface area (Å²) in [5, 5.41) is 0. The minimum absolute atomic E-state index is 0.646. The molecule has 3 heteroatoms. The smallest absolute Gasteiger partial charge is 0.0609 e. The number of hydrogen-bond donors (Lipinski definition) is 0. The number of aromatic nitrogens is 1. The molecule has 2 aliphatic rings. The van der Waals surface area contributed by atoms with Crippen LogP contribution in [0.2, 0.25) is 0 Å². The molecule has 2 aliphatic heterocycles. The first-order chi connectivity index (χ1) is 9.69. The van der Waals surface area contributed by atoms with Crippen LogP contribution in [0.25, 0.3) is 0 Å². The van der Waals surface area contributed by atoms with Crippen LogP contribution in [-0.4, -0.2) is 41.6 Å². The Kier molecular flexibility index (Phi) is 3.97. The molecule has 2 fully saturated rings. The molecule has 1 aromatic rings. The van der Waals surface area contributed by atoms with Crippen molar-refractivity contribution in [2.24, 2.45) is 0 Å². The lowest BCUT2D eigenvalue weighted by Crippen LogP contribution is -2.59. The molecule has 0 bridgehead atoms. The molecule has 0 radical (unpaired) electrons. The van der Waals surface area contributed by atoms with Crippen molar-refractivity contribution in [3.05, 3.63) is 23.5 Å². The van der Waals surface area contributed by atoms with E-state index in [0.29, 0.717) is 6.04 Å². The van der Waals surface area contributed by atoms with Gasteiger partial charge in [0.25, 0.3) is 0 Å². The number of nitrogens with zero attached hydrogens (tertiary/aromatic N) is 3. The second-order valence-corrected chi connectivity index (χ2v) is 6.42. The fraction of sp³-hybridized carbons (Fsp3) is 0.706. The highest BCUT2D eigenvalue weighted by Gasteiger charge is 2.34. The highest BCUT2D eigenvalue weighted by Crippen LogP contribution is 2.30. The Labute approximate surface area is 123 Å². The fourth-order valence-electron chi connectivity index (χ4n) is 3.88. The Hall–Kier alpha value is -1.09. The SMILES string of the molecule is CCC1CN2CCCCC2CN1c1ccc(C)nc1C. The van der Waals surface area contributed by atoms with E-state index in [1.54, 1.807) is 0 Å². The maximum atomic E-state index is 4.67. The van der Waals surface area contributed by atoms with Gasteiger partial charge in [-0.25, -0.2) is 0 Å².